The Morgan fingerprint density at radius 3 is 2.64 bits per heavy atom. The van der Waals surface area contributed by atoms with Gasteiger partial charge in [-0.2, -0.15) is 0 Å². The van der Waals surface area contributed by atoms with Gasteiger partial charge in [-0.05, 0) is 37.0 Å². The summed E-state index contributed by atoms with van der Waals surface area (Å²) in [5.41, 5.74) is 1.86. The first kappa shape index (κ1) is 18.6. The largest absolute Gasteiger partial charge is 0.331 e. The molecular formula is C22H23ClN4O. The number of imidazole rings is 1. The molecule has 0 bridgehead atoms. The molecule has 1 aromatic heterocycles. The molecule has 144 valence electrons. The van der Waals surface area contributed by atoms with Crippen LogP contribution in [-0.4, -0.2) is 33.6 Å². The van der Waals surface area contributed by atoms with Crippen LogP contribution < -0.4 is 5.32 Å². The maximum Gasteiger partial charge on any atom is 0.321 e. The van der Waals surface area contributed by atoms with Gasteiger partial charge in [-0.15, -0.1) is 0 Å². The van der Waals surface area contributed by atoms with Crippen molar-refractivity contribution >= 4 is 23.3 Å². The zero-order valence-electron chi connectivity index (χ0n) is 15.6. The first-order chi connectivity index (χ1) is 13.7. The van der Waals surface area contributed by atoms with E-state index in [4.69, 9.17) is 11.6 Å². The van der Waals surface area contributed by atoms with E-state index in [2.05, 4.69) is 27.0 Å². The monoisotopic (exact) mass is 394 g/mol. The third-order valence-corrected chi connectivity index (χ3v) is 5.42. The lowest BCUT2D eigenvalue weighted by atomic mass is 9.97. The number of anilines is 1. The number of hydrogen-bond donors (Lipinski definition) is 1. The fourth-order valence-electron chi connectivity index (χ4n) is 3.67. The number of benzene rings is 2. The lowest BCUT2D eigenvalue weighted by molar-refractivity contribution is 0.177. The van der Waals surface area contributed by atoms with Crippen molar-refractivity contribution in [3.8, 4) is 11.4 Å². The second-order valence-electron chi connectivity index (χ2n) is 7.14. The summed E-state index contributed by atoms with van der Waals surface area (Å²) in [6, 6.07) is 17.4. The molecule has 6 heteroatoms. The number of nitrogens with one attached hydrogen (secondary N) is 1. The van der Waals surface area contributed by atoms with Gasteiger partial charge in [0.05, 0.1) is 0 Å². The van der Waals surface area contributed by atoms with Gasteiger partial charge in [0.25, 0.3) is 0 Å². The third kappa shape index (κ3) is 4.37. The normalized spacial score (nSPS) is 14.8. The summed E-state index contributed by atoms with van der Waals surface area (Å²) < 4.78 is 2.22. The van der Waals surface area contributed by atoms with Gasteiger partial charge in [0.2, 0.25) is 0 Å². The minimum Gasteiger partial charge on any atom is -0.331 e. The number of nitrogens with zero attached hydrogens (tertiary/aromatic N) is 3. The van der Waals surface area contributed by atoms with Gasteiger partial charge in [0.15, 0.2) is 0 Å². The Morgan fingerprint density at radius 2 is 1.89 bits per heavy atom. The lowest BCUT2D eigenvalue weighted by Gasteiger charge is -2.32. The number of halogens is 1. The molecular weight excluding hydrogens is 372 g/mol. The number of urea groups is 1. The fourth-order valence-corrected chi connectivity index (χ4v) is 3.86. The molecule has 0 spiro atoms. The maximum absolute atomic E-state index is 12.5. The van der Waals surface area contributed by atoms with Crippen LogP contribution in [0, 0.1) is 5.92 Å². The zero-order valence-corrected chi connectivity index (χ0v) is 16.3. The van der Waals surface area contributed by atoms with Crippen molar-refractivity contribution < 1.29 is 4.79 Å². The molecule has 0 aliphatic carbocycles. The van der Waals surface area contributed by atoms with Crippen molar-refractivity contribution in [1.82, 2.24) is 14.5 Å². The van der Waals surface area contributed by atoms with Crippen LogP contribution in [0.3, 0.4) is 0 Å². The fraction of sp³-hybridized carbons (Fsp3) is 0.273. The summed E-state index contributed by atoms with van der Waals surface area (Å²) in [5.74, 6) is 1.54. The zero-order chi connectivity index (χ0) is 19.3. The molecule has 28 heavy (non-hydrogen) atoms. The van der Waals surface area contributed by atoms with Gasteiger partial charge in [0, 0.05) is 48.3 Å². The van der Waals surface area contributed by atoms with Gasteiger partial charge >= 0.3 is 6.03 Å². The number of carbonyl (C=O) groups is 1. The Balaban J connectivity index is 1.33. The van der Waals surface area contributed by atoms with Crippen LogP contribution in [0.4, 0.5) is 10.5 Å². The Labute approximate surface area is 170 Å². The van der Waals surface area contributed by atoms with Crippen LogP contribution >= 0.6 is 11.6 Å². The molecule has 0 saturated carbocycles. The van der Waals surface area contributed by atoms with Crippen LogP contribution in [0.2, 0.25) is 5.02 Å². The van der Waals surface area contributed by atoms with E-state index in [1.54, 1.807) is 12.1 Å². The molecule has 1 fully saturated rings. The molecule has 1 aliphatic heterocycles. The van der Waals surface area contributed by atoms with Gasteiger partial charge < -0.3 is 14.8 Å². The highest BCUT2D eigenvalue weighted by molar-refractivity contribution is 6.30. The molecule has 4 rings (SSSR count). The molecule has 1 N–H and O–H groups in total. The Hall–Kier alpha value is -2.79. The summed E-state index contributed by atoms with van der Waals surface area (Å²) in [6.07, 6.45) is 5.86. The van der Waals surface area contributed by atoms with E-state index in [1.807, 2.05) is 47.6 Å². The smallest absolute Gasteiger partial charge is 0.321 e. The molecule has 2 amide bonds. The summed E-state index contributed by atoms with van der Waals surface area (Å²) >= 11 is 5.99. The van der Waals surface area contributed by atoms with Crippen LogP contribution in [0.1, 0.15) is 12.8 Å². The standard InChI is InChI=1S/C22H23ClN4O/c23-19-7-4-8-20(15-19)25-22(28)26-12-9-17(10-13-26)16-27-14-11-24-21(27)18-5-2-1-3-6-18/h1-8,11,14-15,17H,9-10,12-13,16H2,(H,25,28). The van der Waals surface area contributed by atoms with Crippen LogP contribution in [0.25, 0.3) is 11.4 Å². The molecule has 0 radical (unpaired) electrons. The Bertz CT molecular complexity index is 932. The van der Waals surface area contributed by atoms with Crippen LogP contribution in [0.5, 0.6) is 0 Å². The first-order valence-electron chi connectivity index (χ1n) is 9.57. The van der Waals surface area contributed by atoms with Crippen molar-refractivity contribution in [3.63, 3.8) is 0 Å². The molecule has 3 aromatic rings. The minimum atomic E-state index is -0.0617. The molecule has 2 aromatic carbocycles. The summed E-state index contributed by atoms with van der Waals surface area (Å²) in [5, 5.41) is 3.55. The van der Waals surface area contributed by atoms with Crippen molar-refractivity contribution in [2.24, 2.45) is 5.92 Å². The van der Waals surface area contributed by atoms with E-state index < -0.39 is 0 Å². The SMILES string of the molecule is O=C(Nc1cccc(Cl)c1)N1CCC(Cn2ccnc2-c2ccccc2)CC1. The molecule has 5 nitrogen and oxygen atoms in total. The molecule has 0 atom stereocenters. The molecule has 2 heterocycles. The van der Waals surface area contributed by atoms with E-state index in [1.165, 1.54) is 0 Å². The van der Waals surface area contributed by atoms with Crippen molar-refractivity contribution in [2.45, 2.75) is 19.4 Å². The third-order valence-electron chi connectivity index (χ3n) is 5.18. The van der Waals surface area contributed by atoms with Crippen LogP contribution in [-0.2, 0) is 6.54 Å². The predicted molar refractivity (Wildman–Crippen MR) is 112 cm³/mol. The first-order valence-corrected chi connectivity index (χ1v) is 9.95. The van der Waals surface area contributed by atoms with Crippen molar-refractivity contribution in [2.75, 3.05) is 18.4 Å². The average Bonchev–Trinajstić information content (AvgIpc) is 3.17. The van der Waals surface area contributed by atoms with E-state index in [-0.39, 0.29) is 6.03 Å². The summed E-state index contributed by atoms with van der Waals surface area (Å²) in [4.78, 5) is 18.9. The van der Waals surface area contributed by atoms with Gasteiger partial charge in [0.1, 0.15) is 5.82 Å². The van der Waals surface area contributed by atoms with E-state index >= 15 is 0 Å². The number of piperidine rings is 1. The number of rotatable bonds is 4. The van der Waals surface area contributed by atoms with E-state index in [9.17, 15) is 4.79 Å². The highest BCUT2D eigenvalue weighted by Crippen LogP contribution is 2.24. The summed E-state index contributed by atoms with van der Waals surface area (Å²) in [7, 11) is 0. The quantitative estimate of drug-likeness (QED) is 0.665. The summed E-state index contributed by atoms with van der Waals surface area (Å²) in [6.45, 7) is 2.44. The van der Waals surface area contributed by atoms with Gasteiger partial charge in [-0.1, -0.05) is 48.0 Å². The van der Waals surface area contributed by atoms with Gasteiger partial charge in [-0.25, -0.2) is 9.78 Å². The number of likely N-dealkylation sites (tertiary alicyclic amines) is 1. The number of hydrogen-bond acceptors (Lipinski definition) is 2. The van der Waals surface area contributed by atoms with Crippen molar-refractivity contribution in [3.05, 3.63) is 72.0 Å². The number of carbonyl (C=O) groups excluding carboxylic acids is 1. The maximum atomic E-state index is 12.5. The van der Waals surface area contributed by atoms with Crippen LogP contribution in [0.15, 0.2) is 67.0 Å². The number of amides is 2. The average molecular weight is 395 g/mol. The van der Waals surface area contributed by atoms with E-state index in [0.29, 0.717) is 10.9 Å². The van der Waals surface area contributed by atoms with Gasteiger partial charge in [-0.3, -0.25) is 0 Å². The second kappa shape index (κ2) is 8.48. The molecule has 1 saturated heterocycles. The predicted octanol–water partition coefficient (Wildman–Crippen LogP) is 5.15. The lowest BCUT2D eigenvalue weighted by Crippen LogP contribution is -2.41. The molecule has 1 aliphatic rings. The van der Waals surface area contributed by atoms with E-state index in [0.717, 1.165) is 49.6 Å². The van der Waals surface area contributed by atoms with Crippen molar-refractivity contribution in [1.29, 1.82) is 0 Å². The minimum absolute atomic E-state index is 0.0617. The second-order valence-corrected chi connectivity index (χ2v) is 7.58. The number of aromatic nitrogens is 2. The topological polar surface area (TPSA) is 50.2 Å². The Morgan fingerprint density at radius 1 is 1.11 bits per heavy atom. The highest BCUT2D eigenvalue weighted by atomic mass is 35.5. The Kier molecular flexibility index (Phi) is 5.63. The highest BCUT2D eigenvalue weighted by Gasteiger charge is 2.23. The molecule has 0 unspecified atom stereocenters.